The standard InChI is InChI=1S/C18H13N3OS/c1-21-10-11-23-18(21)20-17(22)16-9-5-4-8-15(16)14-7-3-2-6-13(14)12-19/h2-11H,1H3. The number of rotatable bonds is 2. The van der Waals surface area contributed by atoms with E-state index in [4.69, 9.17) is 0 Å². The van der Waals surface area contributed by atoms with Crippen molar-refractivity contribution in [1.82, 2.24) is 4.57 Å². The quantitative estimate of drug-likeness (QED) is 0.727. The summed E-state index contributed by atoms with van der Waals surface area (Å²) in [5.41, 5.74) is 2.49. The predicted molar refractivity (Wildman–Crippen MR) is 89.8 cm³/mol. The zero-order valence-electron chi connectivity index (χ0n) is 12.4. The van der Waals surface area contributed by atoms with Crippen molar-refractivity contribution < 1.29 is 4.79 Å². The van der Waals surface area contributed by atoms with E-state index in [1.807, 2.05) is 49.0 Å². The lowest BCUT2D eigenvalue weighted by atomic mass is 9.95. The minimum atomic E-state index is -0.314. The van der Waals surface area contributed by atoms with Gasteiger partial charge in [-0.2, -0.15) is 10.3 Å². The number of aryl methyl sites for hydroxylation is 1. The molecule has 0 bridgehead atoms. The zero-order valence-corrected chi connectivity index (χ0v) is 13.2. The minimum Gasteiger partial charge on any atom is -0.327 e. The van der Waals surface area contributed by atoms with Crippen LogP contribution in [0.25, 0.3) is 11.1 Å². The van der Waals surface area contributed by atoms with Gasteiger partial charge >= 0.3 is 0 Å². The molecule has 0 radical (unpaired) electrons. The molecule has 4 nitrogen and oxygen atoms in total. The Hall–Kier alpha value is -2.97. The molecule has 0 aliphatic rings. The summed E-state index contributed by atoms with van der Waals surface area (Å²) < 4.78 is 1.80. The van der Waals surface area contributed by atoms with Crippen LogP contribution in [0.15, 0.2) is 65.1 Å². The van der Waals surface area contributed by atoms with Crippen molar-refractivity contribution in [3.05, 3.63) is 76.0 Å². The van der Waals surface area contributed by atoms with Crippen LogP contribution in [0.3, 0.4) is 0 Å². The molecule has 0 fully saturated rings. The van der Waals surface area contributed by atoms with Crippen molar-refractivity contribution >= 4 is 17.2 Å². The Bertz CT molecular complexity index is 976. The van der Waals surface area contributed by atoms with Gasteiger partial charge in [0.25, 0.3) is 5.91 Å². The van der Waals surface area contributed by atoms with E-state index < -0.39 is 0 Å². The first-order valence-electron chi connectivity index (χ1n) is 6.98. The lowest BCUT2D eigenvalue weighted by molar-refractivity contribution is 0.0998. The number of hydrogen-bond acceptors (Lipinski definition) is 3. The number of nitriles is 1. The fourth-order valence-electron chi connectivity index (χ4n) is 2.30. The first kappa shape index (κ1) is 14.9. The van der Waals surface area contributed by atoms with E-state index in [9.17, 15) is 10.1 Å². The summed E-state index contributed by atoms with van der Waals surface area (Å²) in [5.74, 6) is -0.314. The van der Waals surface area contributed by atoms with Gasteiger partial charge in [0, 0.05) is 29.8 Å². The van der Waals surface area contributed by atoms with E-state index >= 15 is 0 Å². The molecule has 2 aromatic carbocycles. The average Bonchev–Trinajstić information content (AvgIpc) is 2.99. The van der Waals surface area contributed by atoms with Crippen molar-refractivity contribution in [3.8, 4) is 17.2 Å². The van der Waals surface area contributed by atoms with Crippen LogP contribution in [0.4, 0.5) is 0 Å². The highest BCUT2D eigenvalue weighted by molar-refractivity contribution is 7.07. The summed E-state index contributed by atoms with van der Waals surface area (Å²) in [7, 11) is 1.85. The number of carbonyl (C=O) groups is 1. The van der Waals surface area contributed by atoms with Crippen molar-refractivity contribution in [2.75, 3.05) is 0 Å². The average molecular weight is 319 g/mol. The molecule has 0 N–H and O–H groups in total. The van der Waals surface area contributed by atoms with E-state index in [1.54, 1.807) is 22.8 Å². The Balaban J connectivity index is 2.15. The minimum absolute atomic E-state index is 0.314. The van der Waals surface area contributed by atoms with E-state index in [0.29, 0.717) is 15.9 Å². The van der Waals surface area contributed by atoms with Crippen LogP contribution >= 0.6 is 11.3 Å². The van der Waals surface area contributed by atoms with Crippen LogP contribution in [0, 0.1) is 11.3 Å². The van der Waals surface area contributed by atoms with Crippen LogP contribution in [0.2, 0.25) is 0 Å². The molecule has 1 aromatic heterocycles. The first-order chi connectivity index (χ1) is 11.2. The molecule has 112 valence electrons. The highest BCUT2D eigenvalue weighted by Crippen LogP contribution is 2.27. The summed E-state index contributed by atoms with van der Waals surface area (Å²) in [5, 5.41) is 11.2. The molecule has 5 heteroatoms. The van der Waals surface area contributed by atoms with Crippen LogP contribution < -0.4 is 4.80 Å². The number of aromatic nitrogens is 1. The van der Waals surface area contributed by atoms with Gasteiger partial charge in [0.1, 0.15) is 0 Å². The predicted octanol–water partition coefficient (Wildman–Crippen LogP) is 3.37. The number of hydrogen-bond donors (Lipinski definition) is 0. The number of benzene rings is 2. The van der Waals surface area contributed by atoms with Gasteiger partial charge in [0.15, 0.2) is 4.80 Å². The Morgan fingerprint density at radius 2 is 1.83 bits per heavy atom. The molecule has 0 aliphatic carbocycles. The molecule has 0 saturated carbocycles. The number of thiazole rings is 1. The lowest BCUT2D eigenvalue weighted by Crippen LogP contribution is -2.13. The molecule has 0 spiro atoms. The third kappa shape index (κ3) is 2.98. The molecule has 1 amide bonds. The maximum Gasteiger partial charge on any atom is 0.280 e. The molecule has 0 unspecified atom stereocenters. The second kappa shape index (κ2) is 6.42. The molecule has 3 rings (SSSR count). The summed E-state index contributed by atoms with van der Waals surface area (Å²) in [4.78, 5) is 17.4. The SMILES string of the molecule is Cn1ccsc1=NC(=O)c1ccccc1-c1ccccc1C#N. The highest BCUT2D eigenvalue weighted by Gasteiger charge is 2.14. The molecule has 3 aromatic rings. The summed E-state index contributed by atoms with van der Waals surface area (Å²) in [6, 6.07) is 16.7. The fraction of sp³-hybridized carbons (Fsp3) is 0.0556. The largest absolute Gasteiger partial charge is 0.327 e. The Morgan fingerprint density at radius 1 is 1.13 bits per heavy atom. The van der Waals surface area contributed by atoms with Crippen molar-refractivity contribution in [2.45, 2.75) is 0 Å². The number of nitrogens with zero attached hydrogens (tertiary/aromatic N) is 3. The molecule has 0 saturated heterocycles. The summed E-state index contributed by atoms with van der Waals surface area (Å²) in [6.07, 6.45) is 1.85. The van der Waals surface area contributed by atoms with Crippen molar-refractivity contribution in [1.29, 1.82) is 5.26 Å². The van der Waals surface area contributed by atoms with Crippen LogP contribution in [0.1, 0.15) is 15.9 Å². The zero-order chi connectivity index (χ0) is 16.2. The summed E-state index contributed by atoms with van der Waals surface area (Å²) in [6.45, 7) is 0. The van der Waals surface area contributed by atoms with Gasteiger partial charge < -0.3 is 4.57 Å². The maximum absolute atomic E-state index is 12.6. The third-order valence-corrected chi connectivity index (χ3v) is 4.30. The van der Waals surface area contributed by atoms with Gasteiger partial charge in [-0.3, -0.25) is 4.79 Å². The van der Waals surface area contributed by atoms with E-state index in [-0.39, 0.29) is 5.91 Å². The smallest absolute Gasteiger partial charge is 0.280 e. The molecule has 0 atom stereocenters. The normalized spacial score (nSPS) is 11.2. The highest BCUT2D eigenvalue weighted by atomic mass is 32.1. The van der Waals surface area contributed by atoms with E-state index in [0.717, 1.165) is 11.1 Å². The lowest BCUT2D eigenvalue weighted by Gasteiger charge is -2.08. The van der Waals surface area contributed by atoms with Gasteiger partial charge in [-0.25, -0.2) is 0 Å². The topological polar surface area (TPSA) is 58.1 Å². The Kier molecular flexibility index (Phi) is 4.18. The van der Waals surface area contributed by atoms with E-state index in [1.165, 1.54) is 11.3 Å². The van der Waals surface area contributed by atoms with Crippen LogP contribution in [0.5, 0.6) is 0 Å². The first-order valence-corrected chi connectivity index (χ1v) is 7.86. The third-order valence-electron chi connectivity index (χ3n) is 3.45. The molecular formula is C18H13N3OS. The van der Waals surface area contributed by atoms with Gasteiger partial charge in [0.05, 0.1) is 11.6 Å². The number of carbonyl (C=O) groups excluding carboxylic acids is 1. The molecule has 1 heterocycles. The molecule has 23 heavy (non-hydrogen) atoms. The second-order valence-electron chi connectivity index (χ2n) is 4.92. The van der Waals surface area contributed by atoms with Crippen LogP contribution in [-0.2, 0) is 7.05 Å². The van der Waals surface area contributed by atoms with Crippen molar-refractivity contribution in [2.24, 2.45) is 12.0 Å². The van der Waals surface area contributed by atoms with Gasteiger partial charge in [-0.1, -0.05) is 36.4 Å². The van der Waals surface area contributed by atoms with Crippen LogP contribution in [-0.4, -0.2) is 10.5 Å². The van der Waals surface area contributed by atoms with Gasteiger partial charge in [-0.15, -0.1) is 11.3 Å². The number of amides is 1. The fourth-order valence-corrected chi connectivity index (χ4v) is 3.03. The van der Waals surface area contributed by atoms with Gasteiger partial charge in [0.2, 0.25) is 0 Å². The van der Waals surface area contributed by atoms with E-state index in [2.05, 4.69) is 11.1 Å². The van der Waals surface area contributed by atoms with Crippen molar-refractivity contribution in [3.63, 3.8) is 0 Å². The van der Waals surface area contributed by atoms with Gasteiger partial charge in [-0.05, 0) is 17.7 Å². The molecule has 0 aliphatic heterocycles. The Morgan fingerprint density at radius 3 is 2.52 bits per heavy atom. The second-order valence-corrected chi connectivity index (χ2v) is 5.79. The molecular weight excluding hydrogens is 306 g/mol. The Labute approximate surface area is 137 Å². The summed E-state index contributed by atoms with van der Waals surface area (Å²) >= 11 is 1.40. The maximum atomic E-state index is 12.6. The monoisotopic (exact) mass is 319 g/mol.